The molecule has 2 aromatic rings. The van der Waals surface area contributed by atoms with Crippen molar-refractivity contribution in [2.24, 2.45) is 16.7 Å². The van der Waals surface area contributed by atoms with Crippen molar-refractivity contribution in [1.82, 2.24) is 25.1 Å². The topological polar surface area (TPSA) is 90.9 Å². The van der Waals surface area contributed by atoms with Crippen LogP contribution in [0.25, 0.3) is 11.3 Å². The predicted molar refractivity (Wildman–Crippen MR) is 164 cm³/mol. The average molecular weight is 629 g/mol. The Morgan fingerprint density at radius 3 is 2.47 bits per heavy atom. The Bertz CT molecular complexity index is 1420. The molecule has 6 rings (SSSR count). The van der Waals surface area contributed by atoms with Gasteiger partial charge in [0.15, 0.2) is 5.69 Å². The van der Waals surface area contributed by atoms with Crippen LogP contribution < -0.4 is 15.0 Å². The Labute approximate surface area is 262 Å². The maximum absolute atomic E-state index is 13.9. The zero-order valence-corrected chi connectivity index (χ0v) is 26.3. The van der Waals surface area contributed by atoms with Crippen LogP contribution >= 0.6 is 0 Å². The molecule has 45 heavy (non-hydrogen) atoms. The van der Waals surface area contributed by atoms with Crippen LogP contribution in [0.1, 0.15) is 62.9 Å². The number of anilines is 1. The molecule has 2 saturated heterocycles. The summed E-state index contributed by atoms with van der Waals surface area (Å²) in [6, 6.07) is 7.32. The van der Waals surface area contributed by atoms with Crippen LogP contribution in [0, 0.1) is 16.7 Å². The van der Waals surface area contributed by atoms with Crippen molar-refractivity contribution in [2.45, 2.75) is 64.6 Å². The first-order chi connectivity index (χ1) is 21.5. The van der Waals surface area contributed by atoms with Gasteiger partial charge in [-0.25, -0.2) is 9.97 Å². The van der Waals surface area contributed by atoms with Gasteiger partial charge in [0.1, 0.15) is 0 Å². The SMILES string of the molecule is CCOc1ncccc1-c1ccc(N2CCN(C(=O)C34CCC(C(F)(F)F)(CC3)C4)C[C@H]2CC)c(C(=O)NCC2CN(C)C2)n1. The number of hydrogen-bond donors (Lipinski definition) is 1. The molecule has 12 heteroatoms. The first-order valence-corrected chi connectivity index (χ1v) is 16.2. The molecule has 1 N–H and O–H groups in total. The normalized spacial score (nSPS) is 27.0. The number of ether oxygens (including phenoxy) is 1. The minimum absolute atomic E-state index is 0.0367. The zero-order chi connectivity index (χ0) is 32.0. The molecule has 2 bridgehead atoms. The number of carbonyl (C=O) groups excluding carboxylic acids is 2. The van der Waals surface area contributed by atoms with Gasteiger partial charge in [-0.05, 0) is 76.8 Å². The second-order valence-corrected chi connectivity index (χ2v) is 13.4. The Balaban J connectivity index is 1.25. The largest absolute Gasteiger partial charge is 0.477 e. The summed E-state index contributed by atoms with van der Waals surface area (Å²) in [5.41, 5.74) is -0.397. The van der Waals surface area contributed by atoms with E-state index in [1.165, 1.54) is 0 Å². The van der Waals surface area contributed by atoms with E-state index in [-0.39, 0.29) is 37.1 Å². The standard InChI is InChI=1S/C33H43F3N6O3/c1-4-23-20-41(30(44)31-10-12-32(21-31,13-11-31)33(34,35)36)15-16-42(23)26-9-8-25(24-7-6-14-37-29(24)45-5-2)39-27(26)28(43)38-17-22-18-40(3)19-22/h6-9,14,22-23H,4-5,10-13,15-21H2,1-3H3,(H,38,43)/t23-,31?,32?/m1/s1. The first-order valence-electron chi connectivity index (χ1n) is 16.2. The lowest BCUT2D eigenvalue weighted by atomic mass is 9.81. The Morgan fingerprint density at radius 2 is 1.82 bits per heavy atom. The Hall–Kier alpha value is -3.41. The molecule has 4 fully saturated rings. The summed E-state index contributed by atoms with van der Waals surface area (Å²) < 4.78 is 47.5. The molecule has 0 radical (unpaired) electrons. The van der Waals surface area contributed by atoms with E-state index < -0.39 is 17.0 Å². The fraction of sp³-hybridized carbons (Fsp3) is 0.636. The molecule has 4 heterocycles. The number of rotatable bonds is 9. The number of piperazine rings is 1. The molecule has 2 aromatic heterocycles. The van der Waals surface area contributed by atoms with Crippen molar-refractivity contribution < 1.29 is 27.5 Å². The molecule has 0 unspecified atom stereocenters. The molecular weight excluding hydrogens is 585 g/mol. The smallest absolute Gasteiger partial charge is 0.394 e. The number of amides is 2. The number of carbonyl (C=O) groups is 2. The van der Waals surface area contributed by atoms with Crippen molar-refractivity contribution in [1.29, 1.82) is 0 Å². The van der Waals surface area contributed by atoms with E-state index in [0.717, 1.165) is 13.1 Å². The van der Waals surface area contributed by atoms with Crippen LogP contribution in [-0.4, -0.2) is 96.7 Å². The number of aromatic nitrogens is 2. The summed E-state index contributed by atoms with van der Waals surface area (Å²) in [5, 5.41) is 3.09. The van der Waals surface area contributed by atoms with Gasteiger partial charge in [0.25, 0.3) is 5.91 Å². The van der Waals surface area contributed by atoms with E-state index in [1.807, 2.05) is 39.1 Å². The monoisotopic (exact) mass is 628 g/mol. The number of alkyl halides is 3. The number of fused-ring (bicyclic) bond motifs is 2. The van der Waals surface area contributed by atoms with Gasteiger partial charge in [-0.15, -0.1) is 0 Å². The number of likely N-dealkylation sites (tertiary alicyclic amines) is 1. The number of nitrogens with zero attached hydrogens (tertiary/aromatic N) is 5. The van der Waals surface area contributed by atoms with Gasteiger partial charge in [0.2, 0.25) is 11.8 Å². The van der Waals surface area contributed by atoms with E-state index in [2.05, 4.69) is 20.1 Å². The van der Waals surface area contributed by atoms with Crippen molar-refractivity contribution in [3.63, 3.8) is 0 Å². The molecule has 2 aliphatic heterocycles. The van der Waals surface area contributed by atoms with Crippen molar-refractivity contribution in [3.05, 3.63) is 36.2 Å². The molecule has 244 valence electrons. The minimum Gasteiger partial charge on any atom is -0.477 e. The summed E-state index contributed by atoms with van der Waals surface area (Å²) in [5.74, 6) is 0.417. The van der Waals surface area contributed by atoms with Crippen LogP contribution in [0.5, 0.6) is 5.88 Å². The lowest BCUT2D eigenvalue weighted by Gasteiger charge is -2.45. The van der Waals surface area contributed by atoms with Gasteiger partial charge in [-0.2, -0.15) is 13.2 Å². The molecule has 0 spiro atoms. The van der Waals surface area contributed by atoms with Gasteiger partial charge in [-0.1, -0.05) is 6.92 Å². The van der Waals surface area contributed by atoms with Crippen LogP contribution in [-0.2, 0) is 4.79 Å². The van der Waals surface area contributed by atoms with Gasteiger partial charge >= 0.3 is 6.18 Å². The van der Waals surface area contributed by atoms with Crippen LogP contribution in [0.2, 0.25) is 0 Å². The maximum Gasteiger partial charge on any atom is 0.394 e. The zero-order valence-electron chi connectivity index (χ0n) is 26.3. The van der Waals surface area contributed by atoms with Gasteiger partial charge in [0.05, 0.1) is 34.4 Å². The van der Waals surface area contributed by atoms with Gasteiger partial charge < -0.3 is 24.8 Å². The third-order valence-corrected chi connectivity index (χ3v) is 10.6. The molecule has 1 atom stereocenters. The number of nitrogens with one attached hydrogen (secondary N) is 1. The second kappa shape index (κ2) is 12.1. The second-order valence-electron chi connectivity index (χ2n) is 13.4. The maximum atomic E-state index is 13.9. The lowest BCUT2D eigenvalue weighted by Crippen LogP contribution is -2.57. The van der Waals surface area contributed by atoms with Crippen LogP contribution in [0.3, 0.4) is 0 Å². The summed E-state index contributed by atoms with van der Waals surface area (Å²) in [7, 11) is 2.05. The summed E-state index contributed by atoms with van der Waals surface area (Å²) >= 11 is 0. The van der Waals surface area contributed by atoms with E-state index in [4.69, 9.17) is 9.72 Å². The Morgan fingerprint density at radius 1 is 1.07 bits per heavy atom. The highest BCUT2D eigenvalue weighted by molar-refractivity contribution is 5.98. The van der Waals surface area contributed by atoms with E-state index in [0.29, 0.717) is 86.5 Å². The molecular formula is C33H43F3N6O3. The molecule has 2 aliphatic carbocycles. The fourth-order valence-electron chi connectivity index (χ4n) is 8.04. The number of hydrogen-bond acceptors (Lipinski definition) is 7. The van der Waals surface area contributed by atoms with Gasteiger partial charge in [-0.3, -0.25) is 9.59 Å². The summed E-state index contributed by atoms with van der Waals surface area (Å²) in [6.45, 7) is 7.97. The molecule has 9 nitrogen and oxygen atoms in total. The molecule has 2 saturated carbocycles. The quantitative estimate of drug-likeness (QED) is 0.428. The van der Waals surface area contributed by atoms with E-state index in [1.54, 1.807) is 17.2 Å². The Kier molecular flexibility index (Phi) is 8.47. The average Bonchev–Trinajstić information content (AvgIpc) is 3.62. The van der Waals surface area contributed by atoms with Crippen LogP contribution in [0.4, 0.5) is 18.9 Å². The molecule has 0 aromatic carbocycles. The highest BCUT2D eigenvalue weighted by Crippen LogP contribution is 2.67. The van der Waals surface area contributed by atoms with Gasteiger partial charge in [0, 0.05) is 57.4 Å². The third kappa shape index (κ3) is 5.74. The highest BCUT2D eigenvalue weighted by atomic mass is 19.4. The highest BCUT2D eigenvalue weighted by Gasteiger charge is 2.68. The number of halogens is 3. The fourth-order valence-corrected chi connectivity index (χ4v) is 8.04. The summed E-state index contributed by atoms with van der Waals surface area (Å²) in [6.07, 6.45) is -1.36. The van der Waals surface area contributed by atoms with Crippen molar-refractivity contribution >= 4 is 17.5 Å². The lowest BCUT2D eigenvalue weighted by molar-refractivity contribution is -0.220. The number of pyridine rings is 2. The van der Waals surface area contributed by atoms with Crippen molar-refractivity contribution in [3.8, 4) is 17.1 Å². The third-order valence-electron chi connectivity index (χ3n) is 10.6. The van der Waals surface area contributed by atoms with E-state index >= 15 is 0 Å². The van der Waals surface area contributed by atoms with Crippen LogP contribution in [0.15, 0.2) is 30.5 Å². The van der Waals surface area contributed by atoms with E-state index in [9.17, 15) is 22.8 Å². The molecule has 4 aliphatic rings. The predicted octanol–water partition coefficient (Wildman–Crippen LogP) is 4.77. The molecule has 2 amide bonds. The van der Waals surface area contributed by atoms with Crippen molar-refractivity contribution in [2.75, 3.05) is 57.8 Å². The minimum atomic E-state index is -4.28. The first kappa shape index (κ1) is 31.6. The summed E-state index contributed by atoms with van der Waals surface area (Å²) in [4.78, 5) is 43.0.